The van der Waals surface area contributed by atoms with E-state index in [1.807, 2.05) is 0 Å². The fourth-order valence-corrected chi connectivity index (χ4v) is 4.44. The molecule has 20 heavy (non-hydrogen) atoms. The summed E-state index contributed by atoms with van der Waals surface area (Å²) < 4.78 is 49.2. The summed E-state index contributed by atoms with van der Waals surface area (Å²) in [6.45, 7) is 1.08. The van der Waals surface area contributed by atoms with Crippen LogP contribution in [0.5, 0.6) is 0 Å². The largest absolute Gasteiger partial charge is 0.243 e. The van der Waals surface area contributed by atoms with Gasteiger partial charge in [-0.1, -0.05) is 12.8 Å². The van der Waals surface area contributed by atoms with Crippen LogP contribution in [0, 0.1) is 0 Å². The van der Waals surface area contributed by atoms with Gasteiger partial charge in [-0.05, 0) is 37.1 Å². The third-order valence-electron chi connectivity index (χ3n) is 3.45. The van der Waals surface area contributed by atoms with Gasteiger partial charge in [-0.3, -0.25) is 0 Å². The van der Waals surface area contributed by atoms with Gasteiger partial charge in [0.25, 0.3) is 0 Å². The van der Waals surface area contributed by atoms with Gasteiger partial charge in [0, 0.05) is 19.3 Å². The van der Waals surface area contributed by atoms with Gasteiger partial charge in [0.15, 0.2) is 9.84 Å². The van der Waals surface area contributed by atoms with Crippen molar-refractivity contribution in [3.8, 4) is 0 Å². The molecule has 0 atom stereocenters. The molecule has 0 saturated carbocycles. The smallest absolute Gasteiger partial charge is 0.224 e. The molecule has 0 unspecified atom stereocenters. The molecule has 0 bridgehead atoms. The molecule has 5 nitrogen and oxygen atoms in total. The molecule has 112 valence electrons. The van der Waals surface area contributed by atoms with Gasteiger partial charge in [-0.15, -0.1) is 0 Å². The number of hydrogen-bond donors (Lipinski definition) is 0. The predicted octanol–water partition coefficient (Wildman–Crippen LogP) is 1.65. The number of nitrogens with zero attached hydrogens (tertiary/aromatic N) is 1. The summed E-state index contributed by atoms with van der Waals surface area (Å²) in [5.74, 6) is 0. The highest BCUT2D eigenvalue weighted by atomic mass is 32.2. The van der Waals surface area contributed by atoms with E-state index in [-0.39, 0.29) is 9.79 Å². The lowest BCUT2D eigenvalue weighted by atomic mass is 10.2. The van der Waals surface area contributed by atoms with Gasteiger partial charge < -0.3 is 0 Å². The minimum absolute atomic E-state index is 0.132. The number of hydrogen-bond acceptors (Lipinski definition) is 4. The second kappa shape index (κ2) is 5.83. The zero-order valence-electron chi connectivity index (χ0n) is 11.4. The molecular formula is C13H19NO4S2. The first-order valence-corrected chi connectivity index (χ1v) is 9.95. The van der Waals surface area contributed by atoms with Gasteiger partial charge in [-0.2, -0.15) is 4.31 Å². The van der Waals surface area contributed by atoms with Crippen molar-refractivity contribution in [2.45, 2.75) is 35.5 Å². The number of sulfonamides is 1. The standard InChI is InChI=1S/C13H19NO4S2/c1-19(15,16)12-6-8-13(9-7-12)20(17,18)14-10-4-2-3-5-11-14/h6-9H,2-5,10-11H2,1H3. The van der Waals surface area contributed by atoms with Crippen LogP contribution in [0.25, 0.3) is 0 Å². The lowest BCUT2D eigenvalue weighted by molar-refractivity contribution is 0.423. The highest BCUT2D eigenvalue weighted by Crippen LogP contribution is 2.21. The molecule has 1 fully saturated rings. The molecule has 7 heteroatoms. The molecule has 0 spiro atoms. The summed E-state index contributed by atoms with van der Waals surface area (Å²) in [7, 11) is -6.81. The summed E-state index contributed by atoms with van der Waals surface area (Å²) in [5.41, 5.74) is 0. The molecule has 1 saturated heterocycles. The molecule has 0 radical (unpaired) electrons. The Bertz CT molecular complexity index is 655. The Morgan fingerprint density at radius 1 is 0.800 bits per heavy atom. The summed E-state index contributed by atoms with van der Waals surface area (Å²) >= 11 is 0. The van der Waals surface area contributed by atoms with Gasteiger partial charge in [0.1, 0.15) is 0 Å². The van der Waals surface area contributed by atoms with Crippen LogP contribution >= 0.6 is 0 Å². The zero-order chi connectivity index (χ0) is 14.8. The fourth-order valence-electron chi connectivity index (χ4n) is 2.29. The molecule has 0 amide bonds. The van der Waals surface area contributed by atoms with E-state index >= 15 is 0 Å². The van der Waals surface area contributed by atoms with Gasteiger partial charge in [0.2, 0.25) is 10.0 Å². The van der Waals surface area contributed by atoms with Crippen LogP contribution in [0.3, 0.4) is 0 Å². The van der Waals surface area contributed by atoms with Crippen LogP contribution in [-0.4, -0.2) is 40.5 Å². The Labute approximate surface area is 120 Å². The first-order chi connectivity index (χ1) is 9.32. The summed E-state index contributed by atoms with van der Waals surface area (Å²) in [6, 6.07) is 5.44. The second-order valence-corrected chi connectivity index (χ2v) is 9.02. The highest BCUT2D eigenvalue weighted by Gasteiger charge is 2.25. The Hall–Kier alpha value is -0.920. The monoisotopic (exact) mass is 317 g/mol. The fraction of sp³-hybridized carbons (Fsp3) is 0.538. The van der Waals surface area contributed by atoms with E-state index in [9.17, 15) is 16.8 Å². The average Bonchev–Trinajstić information content (AvgIpc) is 2.67. The molecule has 0 aliphatic carbocycles. The predicted molar refractivity (Wildman–Crippen MR) is 76.8 cm³/mol. The maximum atomic E-state index is 12.5. The number of rotatable bonds is 3. The molecule has 1 aromatic rings. The quantitative estimate of drug-likeness (QED) is 0.850. The van der Waals surface area contributed by atoms with E-state index < -0.39 is 19.9 Å². The number of benzene rings is 1. The second-order valence-electron chi connectivity index (χ2n) is 5.06. The highest BCUT2D eigenvalue weighted by molar-refractivity contribution is 7.90. The van der Waals surface area contributed by atoms with Crippen molar-refractivity contribution in [2.24, 2.45) is 0 Å². The van der Waals surface area contributed by atoms with Crippen molar-refractivity contribution in [1.82, 2.24) is 4.31 Å². The molecule has 0 N–H and O–H groups in total. The van der Waals surface area contributed by atoms with Crippen LogP contribution in [0.2, 0.25) is 0 Å². The van der Waals surface area contributed by atoms with E-state index in [2.05, 4.69) is 0 Å². The van der Waals surface area contributed by atoms with E-state index in [0.717, 1.165) is 31.9 Å². The van der Waals surface area contributed by atoms with Crippen LogP contribution in [0.4, 0.5) is 0 Å². The first-order valence-electron chi connectivity index (χ1n) is 6.62. The van der Waals surface area contributed by atoms with E-state index in [1.54, 1.807) is 0 Å². The Kier molecular flexibility index (Phi) is 4.51. The van der Waals surface area contributed by atoms with E-state index in [0.29, 0.717) is 13.1 Å². The van der Waals surface area contributed by atoms with Crippen molar-refractivity contribution in [3.05, 3.63) is 24.3 Å². The topological polar surface area (TPSA) is 71.5 Å². The minimum Gasteiger partial charge on any atom is -0.224 e. The van der Waals surface area contributed by atoms with Crippen molar-refractivity contribution in [2.75, 3.05) is 19.3 Å². The van der Waals surface area contributed by atoms with E-state index in [4.69, 9.17) is 0 Å². The summed E-state index contributed by atoms with van der Waals surface area (Å²) in [6.07, 6.45) is 4.96. The van der Waals surface area contributed by atoms with Crippen molar-refractivity contribution in [1.29, 1.82) is 0 Å². The maximum Gasteiger partial charge on any atom is 0.243 e. The van der Waals surface area contributed by atoms with Crippen LogP contribution in [0.15, 0.2) is 34.1 Å². The summed E-state index contributed by atoms with van der Waals surface area (Å²) in [4.78, 5) is 0.291. The molecule has 2 rings (SSSR count). The SMILES string of the molecule is CS(=O)(=O)c1ccc(S(=O)(=O)N2CCCCCC2)cc1. The first kappa shape index (κ1) is 15.5. The third kappa shape index (κ3) is 3.39. The van der Waals surface area contributed by atoms with Crippen LogP contribution in [-0.2, 0) is 19.9 Å². The summed E-state index contributed by atoms with van der Waals surface area (Å²) in [5, 5.41) is 0. The maximum absolute atomic E-state index is 12.5. The number of sulfone groups is 1. The van der Waals surface area contributed by atoms with Crippen molar-refractivity contribution >= 4 is 19.9 Å². The average molecular weight is 317 g/mol. The zero-order valence-corrected chi connectivity index (χ0v) is 13.1. The van der Waals surface area contributed by atoms with Crippen molar-refractivity contribution in [3.63, 3.8) is 0 Å². The molecule has 0 aromatic heterocycles. The molecule has 1 aliphatic heterocycles. The third-order valence-corrected chi connectivity index (χ3v) is 6.50. The Morgan fingerprint density at radius 3 is 1.70 bits per heavy atom. The van der Waals surface area contributed by atoms with Crippen molar-refractivity contribution < 1.29 is 16.8 Å². The van der Waals surface area contributed by atoms with Crippen LogP contribution in [0.1, 0.15) is 25.7 Å². The molecule has 1 heterocycles. The molecular weight excluding hydrogens is 298 g/mol. The lowest BCUT2D eigenvalue weighted by Crippen LogP contribution is -2.31. The molecule has 1 aliphatic rings. The van der Waals surface area contributed by atoms with Gasteiger partial charge >= 0.3 is 0 Å². The van der Waals surface area contributed by atoms with E-state index in [1.165, 1.54) is 28.6 Å². The lowest BCUT2D eigenvalue weighted by Gasteiger charge is -2.19. The molecule has 1 aromatic carbocycles. The Morgan fingerprint density at radius 2 is 1.25 bits per heavy atom. The van der Waals surface area contributed by atoms with Gasteiger partial charge in [0.05, 0.1) is 9.79 Å². The normalized spacial score (nSPS) is 18.6. The van der Waals surface area contributed by atoms with Gasteiger partial charge in [-0.25, -0.2) is 16.8 Å². The Balaban J connectivity index is 2.29. The van der Waals surface area contributed by atoms with Crippen LogP contribution < -0.4 is 0 Å². The minimum atomic E-state index is -3.51.